The quantitative estimate of drug-likeness (QED) is 0.522. The minimum atomic E-state index is 0.740. The maximum absolute atomic E-state index is 5.86. The van der Waals surface area contributed by atoms with Gasteiger partial charge in [0.2, 0.25) is 0 Å². The van der Waals surface area contributed by atoms with Crippen molar-refractivity contribution in [3.8, 4) is 22.5 Å². The van der Waals surface area contributed by atoms with Gasteiger partial charge >= 0.3 is 0 Å². The van der Waals surface area contributed by atoms with Gasteiger partial charge in [0.1, 0.15) is 5.76 Å². The van der Waals surface area contributed by atoms with Gasteiger partial charge in [-0.2, -0.15) is 0 Å². The third-order valence-electron chi connectivity index (χ3n) is 2.91. The van der Waals surface area contributed by atoms with Crippen LogP contribution in [-0.4, -0.2) is 0 Å². The first kappa shape index (κ1) is 12.7. The smallest absolute Gasteiger partial charge is 0.178 e. The van der Waals surface area contributed by atoms with E-state index in [4.69, 9.17) is 4.42 Å². The fraction of sp³-hybridized carbons (Fsp3) is 0. The topological polar surface area (TPSA) is 13.1 Å². The van der Waals surface area contributed by atoms with Crippen LogP contribution in [0.4, 0.5) is 0 Å². The number of benzene rings is 2. The SMILES string of the molecule is Brc1oc(-c2ccccc2)c(Br)c1-c1ccccc1. The number of halogens is 2. The van der Waals surface area contributed by atoms with Crippen LogP contribution < -0.4 is 0 Å². The molecule has 0 aliphatic rings. The lowest BCUT2D eigenvalue weighted by Gasteiger charge is -1.99. The van der Waals surface area contributed by atoms with Crippen molar-refractivity contribution < 1.29 is 4.42 Å². The summed E-state index contributed by atoms with van der Waals surface area (Å²) in [5.74, 6) is 0.839. The monoisotopic (exact) mass is 376 g/mol. The Balaban J connectivity index is 2.17. The molecule has 3 rings (SSSR count). The highest BCUT2D eigenvalue weighted by Crippen LogP contribution is 2.44. The first-order valence-corrected chi connectivity index (χ1v) is 7.44. The van der Waals surface area contributed by atoms with Crippen LogP contribution in [0.1, 0.15) is 0 Å². The summed E-state index contributed by atoms with van der Waals surface area (Å²) >= 11 is 7.16. The molecule has 0 saturated carbocycles. The Morgan fingerprint density at radius 3 is 1.79 bits per heavy atom. The minimum Gasteiger partial charge on any atom is -0.447 e. The Morgan fingerprint density at radius 1 is 0.684 bits per heavy atom. The van der Waals surface area contributed by atoms with E-state index in [1.165, 1.54) is 0 Å². The molecule has 3 heteroatoms. The van der Waals surface area contributed by atoms with Crippen LogP contribution in [0.2, 0.25) is 0 Å². The molecule has 0 amide bonds. The van der Waals surface area contributed by atoms with Crippen LogP contribution in [0.25, 0.3) is 22.5 Å². The molecule has 0 aliphatic heterocycles. The second-order valence-electron chi connectivity index (χ2n) is 4.13. The number of hydrogen-bond acceptors (Lipinski definition) is 1. The van der Waals surface area contributed by atoms with Crippen LogP contribution in [0.15, 0.2) is 74.2 Å². The van der Waals surface area contributed by atoms with Gasteiger partial charge in [-0.15, -0.1) is 0 Å². The molecular formula is C16H10Br2O. The molecule has 0 bridgehead atoms. The lowest BCUT2D eigenvalue weighted by molar-refractivity contribution is 0.556. The number of hydrogen-bond donors (Lipinski definition) is 0. The molecule has 2 aromatic carbocycles. The third-order valence-corrected chi connectivity index (χ3v) is 4.22. The van der Waals surface area contributed by atoms with Gasteiger partial charge in [0, 0.05) is 11.1 Å². The lowest BCUT2D eigenvalue weighted by atomic mass is 10.1. The van der Waals surface area contributed by atoms with Gasteiger partial charge in [0.15, 0.2) is 4.67 Å². The lowest BCUT2D eigenvalue weighted by Crippen LogP contribution is -1.77. The summed E-state index contributed by atoms with van der Waals surface area (Å²) in [7, 11) is 0. The maximum Gasteiger partial charge on any atom is 0.178 e. The van der Waals surface area contributed by atoms with E-state index in [-0.39, 0.29) is 0 Å². The predicted molar refractivity (Wildman–Crippen MR) is 85.0 cm³/mol. The molecule has 0 unspecified atom stereocenters. The standard InChI is InChI=1S/C16H10Br2O/c17-14-13(11-7-3-1-4-8-11)16(18)19-15(14)12-9-5-2-6-10-12/h1-10H. The van der Waals surface area contributed by atoms with Crippen molar-refractivity contribution in [3.63, 3.8) is 0 Å². The Morgan fingerprint density at radius 2 is 1.21 bits per heavy atom. The van der Waals surface area contributed by atoms with Crippen LogP contribution in [0.5, 0.6) is 0 Å². The van der Waals surface area contributed by atoms with Gasteiger partial charge in [-0.1, -0.05) is 60.7 Å². The fourth-order valence-corrected chi connectivity index (χ4v) is 3.58. The zero-order valence-electron chi connectivity index (χ0n) is 9.94. The molecule has 94 valence electrons. The molecule has 1 heterocycles. The zero-order chi connectivity index (χ0) is 13.2. The summed E-state index contributed by atoms with van der Waals surface area (Å²) in [6.45, 7) is 0. The third kappa shape index (κ3) is 2.40. The van der Waals surface area contributed by atoms with E-state index in [0.29, 0.717) is 0 Å². The molecule has 19 heavy (non-hydrogen) atoms. The summed E-state index contributed by atoms with van der Waals surface area (Å²) in [5.41, 5.74) is 3.21. The molecule has 0 aliphatic carbocycles. The molecule has 0 N–H and O–H groups in total. The van der Waals surface area contributed by atoms with Crippen LogP contribution >= 0.6 is 31.9 Å². The second-order valence-corrected chi connectivity index (χ2v) is 5.64. The van der Waals surface area contributed by atoms with Crippen molar-refractivity contribution in [1.29, 1.82) is 0 Å². The van der Waals surface area contributed by atoms with E-state index in [9.17, 15) is 0 Å². The molecule has 0 fully saturated rings. The normalized spacial score (nSPS) is 10.6. The van der Waals surface area contributed by atoms with Crippen molar-refractivity contribution in [1.82, 2.24) is 0 Å². The van der Waals surface area contributed by atoms with Gasteiger partial charge in [-0.05, 0) is 37.4 Å². The number of furan rings is 1. The van der Waals surface area contributed by atoms with Crippen molar-refractivity contribution in [2.75, 3.05) is 0 Å². The predicted octanol–water partition coefficient (Wildman–Crippen LogP) is 6.14. The highest BCUT2D eigenvalue weighted by atomic mass is 79.9. The Bertz CT molecular complexity index is 688. The second kappa shape index (κ2) is 5.35. The average Bonchev–Trinajstić information content (AvgIpc) is 2.76. The van der Waals surface area contributed by atoms with Crippen molar-refractivity contribution in [3.05, 3.63) is 69.8 Å². The molecule has 0 spiro atoms. The highest BCUT2D eigenvalue weighted by molar-refractivity contribution is 9.11. The average molecular weight is 378 g/mol. The fourth-order valence-electron chi connectivity index (χ4n) is 2.01. The summed E-state index contributed by atoms with van der Waals surface area (Å²) in [6.07, 6.45) is 0. The molecule has 3 aromatic rings. The van der Waals surface area contributed by atoms with Gasteiger partial charge in [0.25, 0.3) is 0 Å². The Hall–Kier alpha value is -1.32. The van der Waals surface area contributed by atoms with E-state index < -0.39 is 0 Å². The zero-order valence-corrected chi connectivity index (χ0v) is 13.1. The summed E-state index contributed by atoms with van der Waals surface area (Å²) in [4.78, 5) is 0. The van der Waals surface area contributed by atoms with E-state index in [0.717, 1.165) is 31.6 Å². The van der Waals surface area contributed by atoms with E-state index >= 15 is 0 Å². The highest BCUT2D eigenvalue weighted by Gasteiger charge is 2.19. The van der Waals surface area contributed by atoms with E-state index in [1.807, 2.05) is 48.5 Å². The molecule has 0 radical (unpaired) electrons. The van der Waals surface area contributed by atoms with Gasteiger partial charge < -0.3 is 4.42 Å². The van der Waals surface area contributed by atoms with Crippen LogP contribution in [0, 0.1) is 0 Å². The van der Waals surface area contributed by atoms with Gasteiger partial charge in [-0.25, -0.2) is 0 Å². The van der Waals surface area contributed by atoms with Crippen molar-refractivity contribution in [2.24, 2.45) is 0 Å². The van der Waals surface area contributed by atoms with Gasteiger partial charge in [0.05, 0.1) is 4.47 Å². The summed E-state index contributed by atoms with van der Waals surface area (Å²) in [5, 5.41) is 0. The summed E-state index contributed by atoms with van der Waals surface area (Å²) < 4.78 is 7.57. The van der Waals surface area contributed by atoms with Crippen LogP contribution in [-0.2, 0) is 0 Å². The number of rotatable bonds is 2. The first-order valence-electron chi connectivity index (χ1n) is 5.86. The van der Waals surface area contributed by atoms with Crippen LogP contribution in [0.3, 0.4) is 0 Å². The molecule has 1 aromatic heterocycles. The van der Waals surface area contributed by atoms with Crippen molar-refractivity contribution >= 4 is 31.9 Å². The van der Waals surface area contributed by atoms with Gasteiger partial charge in [-0.3, -0.25) is 0 Å². The Kier molecular flexibility index (Phi) is 3.58. The summed E-state index contributed by atoms with van der Waals surface area (Å²) in [6, 6.07) is 20.2. The van der Waals surface area contributed by atoms with Crippen molar-refractivity contribution in [2.45, 2.75) is 0 Å². The largest absolute Gasteiger partial charge is 0.447 e. The molecule has 1 nitrogen and oxygen atoms in total. The van der Waals surface area contributed by atoms with E-state index in [1.54, 1.807) is 0 Å². The minimum absolute atomic E-state index is 0.740. The van der Waals surface area contributed by atoms with E-state index in [2.05, 4.69) is 44.0 Å². The Labute approximate surface area is 128 Å². The molecular weight excluding hydrogens is 368 g/mol. The first-order chi connectivity index (χ1) is 9.27. The molecule has 0 atom stereocenters. The maximum atomic E-state index is 5.86. The molecule has 0 saturated heterocycles.